The number of hydrogen-bond donors (Lipinski definition) is 0. The van der Waals surface area contributed by atoms with Crippen LogP contribution in [0.25, 0.3) is 10.2 Å². The number of ether oxygens (including phenoxy) is 1. The van der Waals surface area contributed by atoms with Crippen molar-refractivity contribution >= 4 is 27.5 Å². The van der Waals surface area contributed by atoms with Crippen LogP contribution in [0.15, 0.2) is 23.7 Å². The standard InChI is InChI=1S/C16H18N2O2S/c19-15(12-2-3-13-14(8-12)21-11-17-13)18-6-1-4-16(9-18)5-7-20-10-16/h2-3,8,11H,1,4-7,9-10H2. The van der Waals surface area contributed by atoms with Crippen LogP contribution in [0.5, 0.6) is 0 Å². The van der Waals surface area contributed by atoms with Gasteiger partial charge in [0.25, 0.3) is 5.91 Å². The number of thiazole rings is 1. The number of benzene rings is 1. The van der Waals surface area contributed by atoms with Gasteiger partial charge in [-0.05, 0) is 37.5 Å². The van der Waals surface area contributed by atoms with E-state index in [1.165, 1.54) is 6.42 Å². The molecular weight excluding hydrogens is 284 g/mol. The fourth-order valence-electron chi connectivity index (χ4n) is 3.52. The molecule has 2 aliphatic rings. The first kappa shape index (κ1) is 13.2. The van der Waals surface area contributed by atoms with Gasteiger partial charge in [-0.3, -0.25) is 4.79 Å². The minimum Gasteiger partial charge on any atom is -0.381 e. The van der Waals surface area contributed by atoms with Gasteiger partial charge in [0.05, 0.1) is 22.3 Å². The molecule has 1 aromatic carbocycles. The Morgan fingerprint density at radius 3 is 3.19 bits per heavy atom. The van der Waals surface area contributed by atoms with Gasteiger partial charge in [-0.2, -0.15) is 0 Å². The summed E-state index contributed by atoms with van der Waals surface area (Å²) in [5.74, 6) is 0.149. The first-order valence-corrected chi connectivity index (χ1v) is 8.34. The maximum atomic E-state index is 12.8. The van der Waals surface area contributed by atoms with Crippen molar-refractivity contribution in [2.45, 2.75) is 19.3 Å². The molecule has 0 bridgehead atoms. The van der Waals surface area contributed by atoms with Crippen molar-refractivity contribution in [3.05, 3.63) is 29.3 Å². The van der Waals surface area contributed by atoms with Gasteiger partial charge in [0.1, 0.15) is 0 Å². The van der Waals surface area contributed by atoms with Gasteiger partial charge >= 0.3 is 0 Å². The van der Waals surface area contributed by atoms with Crippen molar-refractivity contribution in [3.63, 3.8) is 0 Å². The number of aromatic nitrogens is 1. The van der Waals surface area contributed by atoms with Crippen molar-refractivity contribution < 1.29 is 9.53 Å². The Balaban J connectivity index is 1.58. The molecule has 110 valence electrons. The van der Waals surface area contributed by atoms with Gasteiger partial charge in [-0.15, -0.1) is 11.3 Å². The van der Waals surface area contributed by atoms with Crippen molar-refractivity contribution in [3.8, 4) is 0 Å². The van der Waals surface area contributed by atoms with Crippen LogP contribution in [0.4, 0.5) is 0 Å². The molecule has 4 nitrogen and oxygen atoms in total. The number of hydrogen-bond acceptors (Lipinski definition) is 4. The molecule has 5 heteroatoms. The van der Waals surface area contributed by atoms with E-state index in [1.54, 1.807) is 11.3 Å². The van der Waals surface area contributed by atoms with Crippen LogP contribution in [0, 0.1) is 5.41 Å². The second-order valence-corrected chi connectivity index (χ2v) is 7.05. The molecule has 2 saturated heterocycles. The molecule has 1 unspecified atom stereocenters. The second-order valence-electron chi connectivity index (χ2n) is 6.17. The van der Waals surface area contributed by atoms with Gasteiger partial charge in [0.15, 0.2) is 0 Å². The van der Waals surface area contributed by atoms with E-state index in [2.05, 4.69) is 4.98 Å². The Labute approximate surface area is 127 Å². The summed E-state index contributed by atoms with van der Waals surface area (Å²) in [6.45, 7) is 3.35. The largest absolute Gasteiger partial charge is 0.381 e. The van der Waals surface area contributed by atoms with E-state index in [4.69, 9.17) is 4.74 Å². The van der Waals surface area contributed by atoms with Crippen LogP contribution in [0.1, 0.15) is 29.6 Å². The Morgan fingerprint density at radius 2 is 2.33 bits per heavy atom. The average Bonchev–Trinajstić information content (AvgIpc) is 3.15. The molecule has 1 spiro atoms. The summed E-state index contributed by atoms with van der Waals surface area (Å²) < 4.78 is 6.65. The van der Waals surface area contributed by atoms with Gasteiger partial charge < -0.3 is 9.64 Å². The normalized spacial score (nSPS) is 25.8. The van der Waals surface area contributed by atoms with Crippen LogP contribution in [0.3, 0.4) is 0 Å². The Kier molecular flexibility index (Phi) is 3.19. The Hall–Kier alpha value is -1.46. The molecule has 2 aliphatic heterocycles. The molecule has 4 rings (SSSR count). The predicted octanol–water partition coefficient (Wildman–Crippen LogP) is 2.94. The van der Waals surface area contributed by atoms with Crippen molar-refractivity contribution in [1.29, 1.82) is 0 Å². The molecule has 2 fully saturated rings. The lowest BCUT2D eigenvalue weighted by Crippen LogP contribution is -2.46. The molecule has 21 heavy (non-hydrogen) atoms. The molecular formula is C16H18N2O2S. The zero-order valence-electron chi connectivity index (χ0n) is 11.9. The summed E-state index contributed by atoms with van der Waals surface area (Å²) in [5.41, 5.74) is 3.78. The molecule has 1 atom stereocenters. The molecule has 2 aromatic rings. The maximum Gasteiger partial charge on any atom is 0.253 e. The van der Waals surface area contributed by atoms with Crippen LogP contribution < -0.4 is 0 Å². The zero-order chi connectivity index (χ0) is 14.3. The van der Waals surface area contributed by atoms with E-state index >= 15 is 0 Å². The number of nitrogens with zero attached hydrogens (tertiary/aromatic N) is 2. The quantitative estimate of drug-likeness (QED) is 0.813. The van der Waals surface area contributed by atoms with E-state index in [1.807, 2.05) is 28.6 Å². The smallest absolute Gasteiger partial charge is 0.253 e. The van der Waals surface area contributed by atoms with Crippen LogP contribution >= 0.6 is 11.3 Å². The number of carbonyl (C=O) groups is 1. The molecule has 0 aliphatic carbocycles. The predicted molar refractivity (Wildman–Crippen MR) is 82.6 cm³/mol. The molecule has 1 aromatic heterocycles. The summed E-state index contributed by atoms with van der Waals surface area (Å²) >= 11 is 1.58. The summed E-state index contributed by atoms with van der Waals surface area (Å²) in [4.78, 5) is 19.1. The van der Waals surface area contributed by atoms with Crippen molar-refractivity contribution in [1.82, 2.24) is 9.88 Å². The zero-order valence-corrected chi connectivity index (χ0v) is 12.7. The minimum absolute atomic E-state index is 0.149. The fraction of sp³-hybridized carbons (Fsp3) is 0.500. The minimum atomic E-state index is 0.149. The summed E-state index contributed by atoms with van der Waals surface area (Å²) in [5, 5.41) is 0. The molecule has 0 saturated carbocycles. The van der Waals surface area contributed by atoms with Crippen molar-refractivity contribution in [2.24, 2.45) is 5.41 Å². The van der Waals surface area contributed by atoms with E-state index < -0.39 is 0 Å². The maximum absolute atomic E-state index is 12.8. The molecule has 0 N–H and O–H groups in total. The van der Waals surface area contributed by atoms with Crippen LogP contribution in [0.2, 0.25) is 0 Å². The van der Waals surface area contributed by atoms with Gasteiger partial charge in [0.2, 0.25) is 0 Å². The number of piperidine rings is 1. The number of carbonyl (C=O) groups excluding carboxylic acids is 1. The summed E-state index contributed by atoms with van der Waals surface area (Å²) in [7, 11) is 0. The Morgan fingerprint density at radius 1 is 1.38 bits per heavy atom. The number of rotatable bonds is 1. The third kappa shape index (κ3) is 2.34. The lowest BCUT2D eigenvalue weighted by Gasteiger charge is -2.39. The molecule has 0 radical (unpaired) electrons. The Bertz CT molecular complexity index is 676. The number of amides is 1. The third-order valence-electron chi connectivity index (χ3n) is 4.71. The highest BCUT2D eigenvalue weighted by Crippen LogP contribution is 2.38. The van der Waals surface area contributed by atoms with Gasteiger partial charge in [-0.25, -0.2) is 4.98 Å². The lowest BCUT2D eigenvalue weighted by atomic mass is 9.79. The average molecular weight is 302 g/mol. The first-order chi connectivity index (χ1) is 10.3. The van der Waals surface area contributed by atoms with E-state index in [-0.39, 0.29) is 11.3 Å². The highest BCUT2D eigenvalue weighted by atomic mass is 32.1. The second kappa shape index (κ2) is 5.07. The van der Waals surface area contributed by atoms with Crippen LogP contribution in [-0.2, 0) is 4.74 Å². The fourth-order valence-corrected chi connectivity index (χ4v) is 4.24. The molecule has 3 heterocycles. The first-order valence-electron chi connectivity index (χ1n) is 7.46. The summed E-state index contributed by atoms with van der Waals surface area (Å²) in [6, 6.07) is 5.82. The van der Waals surface area contributed by atoms with Gasteiger partial charge in [-0.1, -0.05) is 0 Å². The van der Waals surface area contributed by atoms with Gasteiger partial charge in [0, 0.05) is 30.7 Å². The topological polar surface area (TPSA) is 42.4 Å². The monoisotopic (exact) mass is 302 g/mol. The highest BCUT2D eigenvalue weighted by Gasteiger charge is 2.40. The van der Waals surface area contributed by atoms with Crippen LogP contribution in [-0.4, -0.2) is 42.1 Å². The SMILES string of the molecule is O=C(c1ccc2ncsc2c1)N1CCCC2(CCOC2)C1. The highest BCUT2D eigenvalue weighted by molar-refractivity contribution is 7.16. The number of fused-ring (bicyclic) bond motifs is 1. The van der Waals surface area contributed by atoms with E-state index in [0.717, 1.165) is 54.9 Å². The lowest BCUT2D eigenvalue weighted by molar-refractivity contribution is 0.0463. The summed E-state index contributed by atoms with van der Waals surface area (Å²) in [6.07, 6.45) is 3.35. The third-order valence-corrected chi connectivity index (χ3v) is 5.50. The molecule has 1 amide bonds. The van der Waals surface area contributed by atoms with Crippen molar-refractivity contribution in [2.75, 3.05) is 26.3 Å². The van der Waals surface area contributed by atoms with E-state index in [9.17, 15) is 4.79 Å². The number of likely N-dealkylation sites (tertiary alicyclic amines) is 1. The van der Waals surface area contributed by atoms with E-state index in [0.29, 0.717) is 0 Å².